The van der Waals surface area contributed by atoms with Gasteiger partial charge in [-0.2, -0.15) is 5.10 Å². The number of benzene rings is 1. The summed E-state index contributed by atoms with van der Waals surface area (Å²) in [4.78, 5) is 15.7. The third-order valence-electron chi connectivity index (χ3n) is 3.59. The van der Waals surface area contributed by atoms with Crippen LogP contribution >= 0.6 is 24.8 Å². The second-order valence-electron chi connectivity index (χ2n) is 5.66. The number of anilines is 1. The van der Waals surface area contributed by atoms with E-state index in [0.29, 0.717) is 25.4 Å². The zero-order valence-corrected chi connectivity index (χ0v) is 15.4. The molecule has 0 spiro atoms. The fourth-order valence-corrected chi connectivity index (χ4v) is 2.19. The molecule has 0 atom stereocenters. The summed E-state index contributed by atoms with van der Waals surface area (Å²) in [6.45, 7) is 2.39. The Bertz CT molecular complexity index is 635. The van der Waals surface area contributed by atoms with Gasteiger partial charge in [-0.3, -0.25) is 4.79 Å². The third-order valence-corrected chi connectivity index (χ3v) is 3.59. The number of carbonyl (C=O) groups is 1. The van der Waals surface area contributed by atoms with Gasteiger partial charge in [0.05, 0.1) is 13.1 Å². The summed E-state index contributed by atoms with van der Waals surface area (Å²) in [6.07, 6.45) is 5.70. The van der Waals surface area contributed by atoms with Crippen molar-refractivity contribution in [3.8, 4) is 5.75 Å². The Labute approximate surface area is 159 Å². The van der Waals surface area contributed by atoms with Crippen molar-refractivity contribution >= 4 is 36.4 Å². The van der Waals surface area contributed by atoms with E-state index in [1.165, 1.54) is 19.2 Å². The molecule has 1 aliphatic rings. The molecule has 1 saturated carbocycles. The van der Waals surface area contributed by atoms with E-state index >= 15 is 0 Å². The molecule has 1 aromatic carbocycles. The molecule has 25 heavy (non-hydrogen) atoms. The molecular weight excluding hydrogens is 365 g/mol. The van der Waals surface area contributed by atoms with Crippen molar-refractivity contribution in [1.82, 2.24) is 20.1 Å². The van der Waals surface area contributed by atoms with Crippen LogP contribution in [0.15, 0.2) is 36.9 Å². The third kappa shape index (κ3) is 7.72. The van der Waals surface area contributed by atoms with Crippen molar-refractivity contribution in [1.29, 1.82) is 0 Å². The lowest BCUT2D eigenvalue weighted by atomic mass is 10.3. The van der Waals surface area contributed by atoms with Crippen molar-refractivity contribution in [2.24, 2.45) is 5.92 Å². The molecule has 1 aliphatic carbocycles. The van der Waals surface area contributed by atoms with Crippen molar-refractivity contribution in [2.45, 2.75) is 19.4 Å². The van der Waals surface area contributed by atoms with E-state index in [4.69, 9.17) is 4.74 Å². The maximum atomic E-state index is 11.9. The van der Waals surface area contributed by atoms with Crippen LogP contribution in [0.5, 0.6) is 5.75 Å². The molecule has 1 fully saturated rings. The normalized spacial score (nSPS) is 12.6. The second kappa shape index (κ2) is 10.9. The Balaban J connectivity index is 0.00000156. The molecule has 0 unspecified atom stereocenters. The van der Waals surface area contributed by atoms with Gasteiger partial charge in [0.2, 0.25) is 5.91 Å². The summed E-state index contributed by atoms with van der Waals surface area (Å²) in [5.74, 6) is 1.45. The first-order valence-electron chi connectivity index (χ1n) is 7.85. The van der Waals surface area contributed by atoms with Crippen LogP contribution in [-0.4, -0.2) is 40.4 Å². The smallest absolute Gasteiger partial charge is 0.238 e. The molecule has 1 aromatic heterocycles. The summed E-state index contributed by atoms with van der Waals surface area (Å²) < 4.78 is 7.37. The van der Waals surface area contributed by atoms with Crippen LogP contribution in [-0.2, 0) is 11.3 Å². The Morgan fingerprint density at radius 2 is 2.16 bits per heavy atom. The van der Waals surface area contributed by atoms with Crippen LogP contribution in [0.2, 0.25) is 0 Å². The molecule has 9 heteroatoms. The van der Waals surface area contributed by atoms with Gasteiger partial charge in [0.25, 0.3) is 0 Å². The average Bonchev–Trinajstić information content (AvgIpc) is 3.21. The summed E-state index contributed by atoms with van der Waals surface area (Å²) in [6, 6.07) is 7.39. The van der Waals surface area contributed by atoms with Crippen LogP contribution in [0.4, 0.5) is 5.69 Å². The maximum absolute atomic E-state index is 11.9. The van der Waals surface area contributed by atoms with Gasteiger partial charge in [-0.1, -0.05) is 6.07 Å². The van der Waals surface area contributed by atoms with E-state index < -0.39 is 0 Å². The number of carbonyl (C=O) groups excluding carboxylic acids is 1. The van der Waals surface area contributed by atoms with Gasteiger partial charge in [-0.05, 0) is 37.4 Å². The van der Waals surface area contributed by atoms with E-state index in [-0.39, 0.29) is 30.7 Å². The molecule has 2 N–H and O–H groups in total. The molecule has 1 heterocycles. The molecule has 3 rings (SSSR count). The fourth-order valence-electron chi connectivity index (χ4n) is 2.19. The summed E-state index contributed by atoms with van der Waals surface area (Å²) >= 11 is 0. The molecule has 0 saturated heterocycles. The summed E-state index contributed by atoms with van der Waals surface area (Å²) in [5, 5.41) is 10.1. The molecule has 0 bridgehead atoms. The van der Waals surface area contributed by atoms with Gasteiger partial charge in [0.15, 0.2) is 0 Å². The number of hydrogen-bond acceptors (Lipinski definition) is 5. The molecule has 0 radical (unpaired) electrons. The van der Waals surface area contributed by atoms with E-state index in [1.807, 2.05) is 24.3 Å². The van der Waals surface area contributed by atoms with Crippen LogP contribution < -0.4 is 15.4 Å². The molecule has 138 valence electrons. The van der Waals surface area contributed by atoms with Gasteiger partial charge in [0.1, 0.15) is 25.0 Å². The largest absolute Gasteiger partial charge is 0.492 e. The molecular formula is C16H23Cl2N5O2. The number of hydrogen-bond donors (Lipinski definition) is 2. The minimum Gasteiger partial charge on any atom is -0.492 e. The van der Waals surface area contributed by atoms with Crippen LogP contribution in [0.3, 0.4) is 0 Å². The van der Waals surface area contributed by atoms with E-state index in [1.54, 1.807) is 11.0 Å². The quantitative estimate of drug-likeness (QED) is 0.688. The van der Waals surface area contributed by atoms with E-state index in [9.17, 15) is 4.79 Å². The zero-order valence-electron chi connectivity index (χ0n) is 13.8. The first-order chi connectivity index (χ1) is 11.3. The molecule has 0 aliphatic heterocycles. The highest BCUT2D eigenvalue weighted by Gasteiger charge is 2.20. The number of aromatic nitrogens is 3. The number of amides is 1. The predicted octanol–water partition coefficient (Wildman–Crippen LogP) is 2.14. The minimum absolute atomic E-state index is 0. The molecule has 1 amide bonds. The van der Waals surface area contributed by atoms with Crippen molar-refractivity contribution in [2.75, 3.05) is 25.0 Å². The Morgan fingerprint density at radius 1 is 1.32 bits per heavy atom. The first-order valence-corrected chi connectivity index (χ1v) is 7.85. The molecule has 7 nitrogen and oxygen atoms in total. The first kappa shape index (κ1) is 21.2. The number of nitrogens with zero attached hydrogens (tertiary/aromatic N) is 3. The van der Waals surface area contributed by atoms with Gasteiger partial charge in [-0.25, -0.2) is 9.67 Å². The Morgan fingerprint density at radius 3 is 2.88 bits per heavy atom. The number of nitrogens with one attached hydrogen (secondary N) is 2. The Hall–Kier alpha value is -1.83. The SMILES string of the molecule is Cl.Cl.O=C(CNCC1CC1)Nc1cccc(OCCn2cncn2)c1. The zero-order chi connectivity index (χ0) is 15.9. The van der Waals surface area contributed by atoms with Gasteiger partial charge >= 0.3 is 0 Å². The second-order valence-corrected chi connectivity index (χ2v) is 5.66. The highest BCUT2D eigenvalue weighted by molar-refractivity contribution is 5.92. The monoisotopic (exact) mass is 387 g/mol. The lowest BCUT2D eigenvalue weighted by Gasteiger charge is -2.09. The standard InChI is InChI=1S/C16H21N5O2.2ClH/c22-16(10-17-9-13-4-5-13)20-14-2-1-3-15(8-14)23-7-6-21-12-18-11-19-21;;/h1-3,8,11-13,17H,4-7,9-10H2,(H,20,22);2*1H. The topological polar surface area (TPSA) is 81.1 Å². The number of halogens is 2. The van der Waals surface area contributed by atoms with E-state index in [0.717, 1.165) is 18.2 Å². The van der Waals surface area contributed by atoms with Crippen LogP contribution in [0, 0.1) is 5.92 Å². The lowest BCUT2D eigenvalue weighted by molar-refractivity contribution is -0.115. The fraction of sp³-hybridized carbons (Fsp3) is 0.438. The maximum Gasteiger partial charge on any atom is 0.238 e. The summed E-state index contributed by atoms with van der Waals surface area (Å²) in [7, 11) is 0. The van der Waals surface area contributed by atoms with Gasteiger partial charge in [0, 0.05) is 11.8 Å². The lowest BCUT2D eigenvalue weighted by Crippen LogP contribution is -2.29. The highest BCUT2D eigenvalue weighted by Crippen LogP contribution is 2.27. The average molecular weight is 388 g/mol. The molecule has 2 aromatic rings. The Kier molecular flexibility index (Phi) is 9.26. The van der Waals surface area contributed by atoms with Crippen LogP contribution in [0.1, 0.15) is 12.8 Å². The van der Waals surface area contributed by atoms with E-state index in [2.05, 4.69) is 20.7 Å². The number of rotatable bonds is 9. The van der Waals surface area contributed by atoms with Crippen molar-refractivity contribution in [3.63, 3.8) is 0 Å². The highest BCUT2D eigenvalue weighted by atomic mass is 35.5. The summed E-state index contributed by atoms with van der Waals surface area (Å²) in [5.41, 5.74) is 0.737. The van der Waals surface area contributed by atoms with Gasteiger partial charge < -0.3 is 15.4 Å². The van der Waals surface area contributed by atoms with Crippen molar-refractivity contribution < 1.29 is 9.53 Å². The minimum atomic E-state index is -0.0367. The number of ether oxygens (including phenoxy) is 1. The van der Waals surface area contributed by atoms with Crippen molar-refractivity contribution in [3.05, 3.63) is 36.9 Å². The van der Waals surface area contributed by atoms with Gasteiger partial charge in [-0.15, -0.1) is 24.8 Å². The predicted molar refractivity (Wildman–Crippen MR) is 101 cm³/mol. The van der Waals surface area contributed by atoms with Crippen LogP contribution in [0.25, 0.3) is 0 Å².